The molecule has 2 aromatic rings. The molecule has 2 aromatic carbocycles. The lowest BCUT2D eigenvalue weighted by Crippen LogP contribution is -2.23. The Labute approximate surface area is 187 Å². The van der Waals surface area contributed by atoms with Gasteiger partial charge in [0.25, 0.3) is 0 Å². The average Bonchev–Trinajstić information content (AvgIpc) is 2.65. The van der Waals surface area contributed by atoms with Gasteiger partial charge in [-0.25, -0.2) is 0 Å². The van der Waals surface area contributed by atoms with Gasteiger partial charge in [-0.2, -0.15) is 0 Å². The van der Waals surface area contributed by atoms with Crippen LogP contribution in [0.3, 0.4) is 0 Å². The van der Waals surface area contributed by atoms with Gasteiger partial charge in [-0.15, -0.1) is 35.9 Å². The molecule has 1 aliphatic carbocycles. The fourth-order valence-electron chi connectivity index (χ4n) is 3.10. The molecule has 7 heteroatoms. The Bertz CT molecular complexity index is 827. The maximum atomic E-state index is 13.3. The lowest BCUT2D eigenvalue weighted by atomic mass is 9.84. The number of fused-ring (bicyclic) bond motifs is 2. The minimum absolute atomic E-state index is 0. The second-order valence-electron chi connectivity index (χ2n) is 7.32. The highest BCUT2D eigenvalue weighted by Gasteiger charge is 2.33. The Hall–Kier alpha value is -1.31. The molecule has 0 bridgehead atoms. The summed E-state index contributed by atoms with van der Waals surface area (Å²) in [6.07, 6.45) is 0. The monoisotopic (exact) mass is 450 g/mol. The van der Waals surface area contributed by atoms with E-state index in [0.717, 1.165) is 34.4 Å². The van der Waals surface area contributed by atoms with Crippen LogP contribution in [0.15, 0.2) is 46.2 Å². The number of halogens is 1. The molecule has 0 spiro atoms. The van der Waals surface area contributed by atoms with E-state index >= 15 is 0 Å². The van der Waals surface area contributed by atoms with Crippen LogP contribution in [0.5, 0.6) is 0 Å². The minimum Gasteiger partial charge on any atom is -0.309 e. The molecule has 0 amide bonds. The summed E-state index contributed by atoms with van der Waals surface area (Å²) in [5.41, 5.74) is 2.21. The zero-order valence-electron chi connectivity index (χ0n) is 17.2. The first kappa shape index (κ1) is 24.0. The number of benzene rings is 2. The van der Waals surface area contributed by atoms with Crippen LogP contribution in [-0.4, -0.2) is 74.2 Å². The van der Waals surface area contributed by atoms with Crippen LogP contribution >= 0.6 is 35.9 Å². The molecule has 0 unspecified atom stereocenters. The highest BCUT2D eigenvalue weighted by atomic mass is 35.5. The summed E-state index contributed by atoms with van der Waals surface area (Å²) in [6.45, 7) is 1.83. The molecule has 0 N–H and O–H groups in total. The smallest absolute Gasteiger partial charge is 0.195 e. The van der Waals surface area contributed by atoms with Crippen molar-refractivity contribution in [1.29, 1.82) is 0 Å². The summed E-state index contributed by atoms with van der Waals surface area (Å²) in [5, 5.41) is 0. The van der Waals surface area contributed by atoms with Crippen LogP contribution in [0.4, 0.5) is 0 Å². The van der Waals surface area contributed by atoms with Gasteiger partial charge in [0, 0.05) is 56.6 Å². The number of carbonyl (C=O) groups excluding carboxylic acids is 2. The highest BCUT2D eigenvalue weighted by molar-refractivity contribution is 7.99. The third kappa shape index (κ3) is 5.44. The summed E-state index contributed by atoms with van der Waals surface area (Å²) in [6, 6.07) is 11.2. The van der Waals surface area contributed by atoms with Crippen molar-refractivity contribution in [2.75, 3.05) is 52.8 Å². The van der Waals surface area contributed by atoms with Gasteiger partial charge >= 0.3 is 0 Å². The minimum atomic E-state index is -0.0346. The van der Waals surface area contributed by atoms with Crippen molar-refractivity contribution in [2.45, 2.75) is 9.79 Å². The number of hydrogen-bond acceptors (Lipinski definition) is 6. The van der Waals surface area contributed by atoms with Crippen LogP contribution < -0.4 is 0 Å². The predicted octanol–water partition coefficient (Wildman–Crippen LogP) is 4.19. The van der Waals surface area contributed by atoms with E-state index in [1.54, 1.807) is 35.7 Å². The van der Waals surface area contributed by atoms with E-state index in [4.69, 9.17) is 0 Å². The van der Waals surface area contributed by atoms with Crippen LogP contribution in [0, 0.1) is 0 Å². The van der Waals surface area contributed by atoms with Crippen LogP contribution in [-0.2, 0) is 0 Å². The summed E-state index contributed by atoms with van der Waals surface area (Å²) in [4.78, 5) is 32.6. The maximum Gasteiger partial charge on any atom is 0.195 e. The van der Waals surface area contributed by atoms with Crippen molar-refractivity contribution in [3.05, 3.63) is 58.7 Å². The van der Waals surface area contributed by atoms with Crippen LogP contribution in [0.25, 0.3) is 0 Å². The maximum absolute atomic E-state index is 13.3. The number of ketones is 2. The van der Waals surface area contributed by atoms with Gasteiger partial charge in [0.1, 0.15) is 0 Å². The van der Waals surface area contributed by atoms with E-state index in [1.165, 1.54) is 0 Å². The van der Waals surface area contributed by atoms with E-state index in [1.807, 2.05) is 52.5 Å². The topological polar surface area (TPSA) is 40.6 Å². The lowest BCUT2D eigenvalue weighted by molar-refractivity contribution is 0.0974. The molecule has 3 rings (SSSR count). The zero-order valence-corrected chi connectivity index (χ0v) is 19.7. The van der Waals surface area contributed by atoms with E-state index in [9.17, 15) is 9.59 Å². The third-order valence-corrected chi connectivity index (χ3v) is 6.66. The Balaban J connectivity index is 0.00000300. The SMILES string of the molecule is CN(C)CCSc1cccc2c1C(=O)c1cccc(SCCN(C)C)c1C2=O.Cl. The first-order valence-electron chi connectivity index (χ1n) is 9.30. The summed E-state index contributed by atoms with van der Waals surface area (Å²) >= 11 is 3.28. The Morgan fingerprint density at radius 3 is 1.41 bits per heavy atom. The van der Waals surface area contributed by atoms with Gasteiger partial charge in [-0.3, -0.25) is 9.59 Å². The largest absolute Gasteiger partial charge is 0.309 e. The predicted molar refractivity (Wildman–Crippen MR) is 126 cm³/mol. The summed E-state index contributed by atoms with van der Waals surface area (Å²) in [5.74, 6) is 1.68. The molecule has 0 saturated heterocycles. The molecule has 0 fully saturated rings. The van der Waals surface area contributed by atoms with Crippen molar-refractivity contribution < 1.29 is 9.59 Å². The normalized spacial score (nSPS) is 12.8. The second-order valence-corrected chi connectivity index (χ2v) is 9.59. The number of hydrogen-bond donors (Lipinski definition) is 0. The quantitative estimate of drug-likeness (QED) is 0.479. The van der Waals surface area contributed by atoms with Crippen molar-refractivity contribution >= 4 is 47.5 Å². The molecule has 0 aliphatic heterocycles. The van der Waals surface area contributed by atoms with Gasteiger partial charge in [0.15, 0.2) is 11.6 Å². The second kappa shape index (κ2) is 10.6. The summed E-state index contributed by atoms with van der Waals surface area (Å²) in [7, 11) is 8.12. The van der Waals surface area contributed by atoms with Crippen molar-refractivity contribution in [1.82, 2.24) is 9.80 Å². The Kier molecular flexibility index (Phi) is 8.79. The van der Waals surface area contributed by atoms with Gasteiger partial charge in [-0.05, 0) is 40.3 Å². The molecule has 0 saturated carbocycles. The summed E-state index contributed by atoms with van der Waals surface area (Å²) < 4.78 is 0. The van der Waals surface area contributed by atoms with Gasteiger partial charge in [0.05, 0.1) is 0 Å². The first-order chi connectivity index (χ1) is 13.4. The van der Waals surface area contributed by atoms with Gasteiger partial charge in [-0.1, -0.05) is 24.3 Å². The highest BCUT2D eigenvalue weighted by Crippen LogP contribution is 2.37. The van der Waals surface area contributed by atoms with E-state index in [-0.39, 0.29) is 24.0 Å². The molecular weight excluding hydrogens is 424 g/mol. The molecule has 0 atom stereocenters. The number of nitrogens with zero attached hydrogens (tertiary/aromatic N) is 2. The molecule has 0 radical (unpaired) electrons. The fraction of sp³-hybridized carbons (Fsp3) is 0.364. The molecule has 0 heterocycles. The molecule has 4 nitrogen and oxygen atoms in total. The third-order valence-electron chi connectivity index (χ3n) is 4.59. The molecular formula is C22H27ClN2O2S2. The molecule has 156 valence electrons. The van der Waals surface area contributed by atoms with Crippen molar-refractivity contribution in [3.8, 4) is 0 Å². The number of carbonyl (C=O) groups is 2. The van der Waals surface area contributed by atoms with E-state index < -0.39 is 0 Å². The lowest BCUT2D eigenvalue weighted by Gasteiger charge is -2.22. The Morgan fingerprint density at radius 1 is 0.690 bits per heavy atom. The molecule has 0 aromatic heterocycles. The fourth-order valence-corrected chi connectivity index (χ4v) is 5.49. The Morgan fingerprint density at radius 2 is 1.07 bits per heavy atom. The zero-order chi connectivity index (χ0) is 20.3. The molecule has 29 heavy (non-hydrogen) atoms. The van der Waals surface area contributed by atoms with Crippen LogP contribution in [0.2, 0.25) is 0 Å². The van der Waals surface area contributed by atoms with E-state index in [2.05, 4.69) is 9.80 Å². The van der Waals surface area contributed by atoms with Gasteiger partial charge in [0.2, 0.25) is 0 Å². The van der Waals surface area contributed by atoms with Gasteiger partial charge < -0.3 is 9.80 Å². The standard InChI is InChI=1S/C22H26N2O2S2.ClH/c1-23(2)11-13-27-17-9-5-7-15-19(17)21(25)16-8-6-10-18(20(16)22(15)26)28-14-12-24(3)4;/h5-10H,11-14H2,1-4H3;1H. The molecule has 1 aliphatic rings. The van der Waals surface area contributed by atoms with Crippen molar-refractivity contribution in [3.63, 3.8) is 0 Å². The number of thioether (sulfide) groups is 2. The number of rotatable bonds is 8. The average molecular weight is 451 g/mol. The first-order valence-corrected chi connectivity index (χ1v) is 11.3. The van der Waals surface area contributed by atoms with E-state index in [0.29, 0.717) is 22.3 Å². The van der Waals surface area contributed by atoms with Crippen molar-refractivity contribution in [2.24, 2.45) is 0 Å². The van der Waals surface area contributed by atoms with Crippen LogP contribution in [0.1, 0.15) is 31.8 Å².